The van der Waals surface area contributed by atoms with Crippen LogP contribution in [0.5, 0.6) is 11.5 Å². The number of nitrogens with zero attached hydrogens (tertiary/aromatic N) is 1. The second-order valence-electron chi connectivity index (χ2n) is 6.45. The molecular weight excluding hydrogens is 388 g/mol. The molecule has 2 aliphatic heterocycles. The van der Waals surface area contributed by atoms with Gasteiger partial charge in [0.2, 0.25) is 10.0 Å². The van der Waals surface area contributed by atoms with Crippen LogP contribution in [-0.2, 0) is 10.0 Å². The quantitative estimate of drug-likeness (QED) is 0.838. The van der Waals surface area contributed by atoms with Gasteiger partial charge in [-0.05, 0) is 36.4 Å². The third-order valence-corrected chi connectivity index (χ3v) is 7.58. The predicted molar refractivity (Wildman–Crippen MR) is 101 cm³/mol. The molecule has 0 bridgehead atoms. The number of thiophene rings is 1. The van der Waals surface area contributed by atoms with Crippen molar-refractivity contribution < 1.29 is 22.7 Å². The molecule has 0 unspecified atom stereocenters. The second kappa shape index (κ2) is 7.49. The molecule has 1 N–H and O–H groups in total. The van der Waals surface area contributed by atoms with E-state index in [2.05, 4.69) is 4.72 Å². The van der Waals surface area contributed by atoms with Gasteiger partial charge in [0.15, 0.2) is 11.5 Å². The monoisotopic (exact) mass is 408 g/mol. The number of fused-ring (bicyclic) bond motifs is 1. The zero-order valence-electron chi connectivity index (χ0n) is 14.6. The maximum Gasteiger partial charge on any atom is 0.257 e. The number of nitrogens with one attached hydrogen (secondary N) is 1. The lowest BCUT2D eigenvalue weighted by atomic mass is 10.0. The molecule has 27 heavy (non-hydrogen) atoms. The van der Waals surface area contributed by atoms with Gasteiger partial charge in [0.1, 0.15) is 17.4 Å². The summed E-state index contributed by atoms with van der Waals surface area (Å²) in [6.45, 7) is 1.87. The molecule has 1 aromatic heterocycles. The first-order chi connectivity index (χ1) is 13.0. The maximum absolute atomic E-state index is 12.9. The van der Waals surface area contributed by atoms with Gasteiger partial charge in [0.05, 0.1) is 5.56 Å². The highest BCUT2D eigenvalue weighted by molar-refractivity contribution is 7.91. The normalized spacial score (nSPS) is 17.7. The van der Waals surface area contributed by atoms with E-state index in [-0.39, 0.29) is 11.9 Å². The minimum atomic E-state index is -3.49. The van der Waals surface area contributed by atoms with Crippen LogP contribution in [0, 0.1) is 0 Å². The molecule has 1 saturated heterocycles. The highest BCUT2D eigenvalue weighted by atomic mass is 32.2. The summed E-state index contributed by atoms with van der Waals surface area (Å²) < 4.78 is 38.9. The van der Waals surface area contributed by atoms with E-state index in [1.807, 2.05) is 0 Å². The van der Waals surface area contributed by atoms with Gasteiger partial charge in [-0.3, -0.25) is 4.79 Å². The summed E-state index contributed by atoms with van der Waals surface area (Å²) in [5.74, 6) is 0.969. The third-order valence-electron chi connectivity index (χ3n) is 4.66. The molecule has 1 amide bonds. The van der Waals surface area contributed by atoms with Crippen LogP contribution in [0.3, 0.4) is 0 Å². The Hall–Kier alpha value is -2.10. The van der Waals surface area contributed by atoms with E-state index < -0.39 is 10.0 Å². The molecule has 3 heterocycles. The van der Waals surface area contributed by atoms with Crippen LogP contribution in [0.1, 0.15) is 23.2 Å². The van der Waals surface area contributed by atoms with E-state index in [4.69, 9.17) is 9.47 Å². The lowest BCUT2D eigenvalue weighted by Gasteiger charge is -2.33. The van der Waals surface area contributed by atoms with Crippen molar-refractivity contribution in [2.45, 2.75) is 23.1 Å². The Kier molecular flexibility index (Phi) is 5.07. The van der Waals surface area contributed by atoms with Crippen LogP contribution in [0.4, 0.5) is 0 Å². The zero-order chi connectivity index (χ0) is 18.9. The maximum atomic E-state index is 12.9. The van der Waals surface area contributed by atoms with Crippen LogP contribution in [0.2, 0.25) is 0 Å². The van der Waals surface area contributed by atoms with Crippen molar-refractivity contribution in [2.75, 3.05) is 26.3 Å². The summed E-state index contributed by atoms with van der Waals surface area (Å²) in [5, 5.41) is 1.74. The van der Waals surface area contributed by atoms with E-state index >= 15 is 0 Å². The van der Waals surface area contributed by atoms with Crippen molar-refractivity contribution in [3.8, 4) is 11.5 Å². The number of likely N-dealkylation sites (tertiary alicyclic amines) is 1. The first-order valence-corrected chi connectivity index (χ1v) is 11.1. The summed E-state index contributed by atoms with van der Waals surface area (Å²) in [6, 6.07) is 8.44. The number of benzene rings is 1. The highest BCUT2D eigenvalue weighted by Crippen LogP contribution is 2.34. The number of sulfonamides is 1. The number of carbonyl (C=O) groups is 1. The smallest absolute Gasteiger partial charge is 0.257 e. The van der Waals surface area contributed by atoms with Gasteiger partial charge in [-0.2, -0.15) is 0 Å². The minimum absolute atomic E-state index is 0.114. The van der Waals surface area contributed by atoms with E-state index in [1.165, 1.54) is 11.3 Å². The lowest BCUT2D eigenvalue weighted by Crippen LogP contribution is -2.46. The first-order valence-electron chi connectivity index (χ1n) is 8.78. The number of carbonyl (C=O) groups excluding carboxylic acids is 1. The molecule has 0 atom stereocenters. The van der Waals surface area contributed by atoms with Crippen LogP contribution < -0.4 is 14.2 Å². The van der Waals surface area contributed by atoms with Gasteiger partial charge >= 0.3 is 0 Å². The molecule has 9 heteroatoms. The molecule has 7 nitrogen and oxygen atoms in total. The van der Waals surface area contributed by atoms with Crippen molar-refractivity contribution >= 4 is 27.3 Å². The summed E-state index contributed by atoms with van der Waals surface area (Å²) in [4.78, 5) is 14.6. The molecule has 0 spiro atoms. The fourth-order valence-electron chi connectivity index (χ4n) is 3.31. The van der Waals surface area contributed by atoms with E-state index in [9.17, 15) is 13.2 Å². The van der Waals surface area contributed by atoms with Gasteiger partial charge in [0, 0.05) is 19.1 Å². The number of amides is 1. The van der Waals surface area contributed by atoms with Crippen LogP contribution >= 0.6 is 11.3 Å². The Morgan fingerprint density at radius 2 is 1.89 bits per heavy atom. The molecule has 2 aromatic rings. The average Bonchev–Trinajstić information content (AvgIpc) is 3.23. The molecule has 0 radical (unpaired) electrons. The summed E-state index contributed by atoms with van der Waals surface area (Å²) in [6.07, 6.45) is 1.14. The van der Waals surface area contributed by atoms with E-state index in [1.54, 1.807) is 40.6 Å². The minimum Gasteiger partial charge on any atom is -0.486 e. The average molecular weight is 409 g/mol. The topological polar surface area (TPSA) is 84.9 Å². The molecule has 1 fully saturated rings. The second-order valence-corrected chi connectivity index (χ2v) is 9.34. The number of ether oxygens (including phenoxy) is 2. The van der Waals surface area contributed by atoms with Crippen molar-refractivity contribution in [1.82, 2.24) is 9.62 Å². The van der Waals surface area contributed by atoms with Crippen LogP contribution in [-0.4, -0.2) is 51.6 Å². The van der Waals surface area contributed by atoms with Gasteiger partial charge in [-0.25, -0.2) is 13.1 Å². The molecule has 0 aliphatic carbocycles. The zero-order valence-corrected chi connectivity index (χ0v) is 16.2. The molecule has 4 rings (SSSR count). The van der Waals surface area contributed by atoms with Crippen molar-refractivity contribution in [2.24, 2.45) is 0 Å². The lowest BCUT2D eigenvalue weighted by molar-refractivity contribution is 0.0701. The fraction of sp³-hybridized carbons (Fsp3) is 0.389. The Morgan fingerprint density at radius 3 is 2.63 bits per heavy atom. The first kappa shape index (κ1) is 18.3. The number of hydrogen-bond acceptors (Lipinski definition) is 6. The molecule has 0 saturated carbocycles. The van der Waals surface area contributed by atoms with Crippen molar-refractivity contribution in [1.29, 1.82) is 0 Å². The SMILES string of the molecule is O=C(c1cccc2c1OCCO2)N1CCC(NS(=O)(=O)c2cccs2)CC1. The number of hydrogen-bond donors (Lipinski definition) is 1. The Bertz CT molecular complexity index is 919. The summed E-state index contributed by atoms with van der Waals surface area (Å²) in [7, 11) is -3.49. The Balaban J connectivity index is 1.40. The molecule has 2 aliphatic rings. The Labute approximate surface area is 161 Å². The van der Waals surface area contributed by atoms with Gasteiger partial charge in [-0.1, -0.05) is 12.1 Å². The summed E-state index contributed by atoms with van der Waals surface area (Å²) in [5.41, 5.74) is 0.491. The summed E-state index contributed by atoms with van der Waals surface area (Å²) >= 11 is 1.19. The predicted octanol–water partition coefficient (Wildman–Crippen LogP) is 2.10. The van der Waals surface area contributed by atoms with E-state index in [0.29, 0.717) is 60.4 Å². The van der Waals surface area contributed by atoms with Crippen LogP contribution in [0.25, 0.3) is 0 Å². The van der Waals surface area contributed by atoms with E-state index in [0.717, 1.165) is 0 Å². The molecular formula is C18H20N2O5S2. The Morgan fingerprint density at radius 1 is 1.11 bits per heavy atom. The largest absolute Gasteiger partial charge is 0.486 e. The fourth-order valence-corrected chi connectivity index (χ4v) is 5.62. The number of piperidine rings is 1. The van der Waals surface area contributed by atoms with Crippen LogP contribution in [0.15, 0.2) is 39.9 Å². The molecule has 1 aromatic carbocycles. The number of para-hydroxylation sites is 1. The van der Waals surface area contributed by atoms with Crippen molar-refractivity contribution in [3.63, 3.8) is 0 Å². The van der Waals surface area contributed by atoms with Gasteiger partial charge < -0.3 is 14.4 Å². The van der Waals surface area contributed by atoms with Gasteiger partial charge in [-0.15, -0.1) is 11.3 Å². The molecule has 144 valence electrons. The standard InChI is InChI=1S/C18H20N2O5S2/c21-18(14-3-1-4-15-17(14)25-11-10-24-15)20-8-6-13(7-9-20)19-27(22,23)16-5-2-12-26-16/h1-5,12-13,19H,6-11H2. The van der Waals surface area contributed by atoms with Gasteiger partial charge in [0.25, 0.3) is 5.91 Å². The van der Waals surface area contributed by atoms with Crippen molar-refractivity contribution in [3.05, 3.63) is 41.3 Å². The highest BCUT2D eigenvalue weighted by Gasteiger charge is 2.30. The number of rotatable bonds is 4. The third kappa shape index (κ3) is 3.80.